The third-order valence-electron chi connectivity index (χ3n) is 4.46. The number of rotatable bonds is 5. The number of hydrogen-bond donors (Lipinski definition) is 1. The second-order valence-electron chi connectivity index (χ2n) is 6.00. The van der Waals surface area contributed by atoms with Gasteiger partial charge in [-0.1, -0.05) is 19.4 Å². The molecule has 0 unspecified atom stereocenters. The lowest BCUT2D eigenvalue weighted by Gasteiger charge is -2.09. The molecule has 3 heterocycles. The van der Waals surface area contributed by atoms with Crippen molar-refractivity contribution >= 4 is 11.0 Å². The summed E-state index contributed by atoms with van der Waals surface area (Å²) >= 11 is 0. The van der Waals surface area contributed by atoms with E-state index in [0.717, 1.165) is 53.8 Å². The van der Waals surface area contributed by atoms with Gasteiger partial charge in [0.05, 0.1) is 18.3 Å². The van der Waals surface area contributed by atoms with Gasteiger partial charge in [-0.15, -0.1) is 0 Å². The van der Waals surface area contributed by atoms with Crippen LogP contribution in [0.25, 0.3) is 11.0 Å². The van der Waals surface area contributed by atoms with Crippen molar-refractivity contribution in [3.8, 4) is 0 Å². The zero-order valence-electron chi connectivity index (χ0n) is 14.0. The largest absolute Gasteiger partial charge is 0.325 e. The Kier molecular flexibility index (Phi) is 4.28. The SMILES string of the molecule is CCCCn1cnc2c(c(C)c(C)n2Cc2cccnc2)c1=N. The van der Waals surface area contributed by atoms with Crippen LogP contribution in [0.1, 0.15) is 36.6 Å². The highest BCUT2D eigenvalue weighted by Crippen LogP contribution is 2.21. The van der Waals surface area contributed by atoms with Gasteiger partial charge >= 0.3 is 0 Å². The van der Waals surface area contributed by atoms with Gasteiger partial charge in [-0.3, -0.25) is 10.4 Å². The third-order valence-corrected chi connectivity index (χ3v) is 4.46. The highest BCUT2D eigenvalue weighted by Gasteiger charge is 2.15. The maximum absolute atomic E-state index is 8.55. The van der Waals surface area contributed by atoms with Crippen molar-refractivity contribution in [1.29, 1.82) is 5.41 Å². The summed E-state index contributed by atoms with van der Waals surface area (Å²) in [7, 11) is 0. The second kappa shape index (κ2) is 6.36. The first kappa shape index (κ1) is 15.5. The summed E-state index contributed by atoms with van der Waals surface area (Å²) in [6, 6.07) is 4.02. The zero-order chi connectivity index (χ0) is 16.4. The molecule has 0 amide bonds. The fourth-order valence-corrected chi connectivity index (χ4v) is 2.95. The van der Waals surface area contributed by atoms with E-state index in [0.29, 0.717) is 5.49 Å². The molecule has 3 aromatic heterocycles. The molecule has 0 aliphatic rings. The van der Waals surface area contributed by atoms with Crippen molar-refractivity contribution in [2.45, 2.75) is 46.7 Å². The quantitative estimate of drug-likeness (QED) is 0.787. The van der Waals surface area contributed by atoms with E-state index < -0.39 is 0 Å². The average Bonchev–Trinajstić information content (AvgIpc) is 2.81. The minimum atomic E-state index is 0.564. The molecule has 0 radical (unpaired) electrons. The number of aromatic nitrogens is 4. The number of hydrogen-bond acceptors (Lipinski definition) is 3. The Labute approximate surface area is 136 Å². The first-order chi connectivity index (χ1) is 11.1. The van der Waals surface area contributed by atoms with E-state index in [2.05, 4.69) is 41.4 Å². The molecule has 0 spiro atoms. The summed E-state index contributed by atoms with van der Waals surface area (Å²) in [5.74, 6) is 0. The van der Waals surface area contributed by atoms with Crippen LogP contribution in [0.5, 0.6) is 0 Å². The van der Waals surface area contributed by atoms with Crippen LogP contribution in [-0.4, -0.2) is 19.1 Å². The lowest BCUT2D eigenvalue weighted by Crippen LogP contribution is -2.21. The molecule has 0 saturated heterocycles. The van der Waals surface area contributed by atoms with Gasteiger partial charge in [0.25, 0.3) is 0 Å². The van der Waals surface area contributed by atoms with Gasteiger partial charge in [-0.2, -0.15) is 0 Å². The Morgan fingerprint density at radius 1 is 1.26 bits per heavy atom. The van der Waals surface area contributed by atoms with Gasteiger partial charge < -0.3 is 9.13 Å². The molecule has 3 rings (SSSR count). The van der Waals surface area contributed by atoms with Gasteiger partial charge in [0.2, 0.25) is 0 Å². The number of unbranched alkanes of at least 4 members (excludes halogenated alkanes) is 1. The van der Waals surface area contributed by atoms with Crippen LogP contribution >= 0.6 is 0 Å². The van der Waals surface area contributed by atoms with Crippen molar-refractivity contribution in [3.05, 3.63) is 53.2 Å². The summed E-state index contributed by atoms with van der Waals surface area (Å²) < 4.78 is 4.14. The molecule has 5 nitrogen and oxygen atoms in total. The Bertz CT molecular complexity index is 874. The molecule has 0 aromatic carbocycles. The van der Waals surface area contributed by atoms with Crippen molar-refractivity contribution in [1.82, 2.24) is 19.1 Å². The third kappa shape index (κ3) is 2.79. The number of aryl methyl sites for hydroxylation is 2. The lowest BCUT2D eigenvalue weighted by atomic mass is 10.2. The van der Waals surface area contributed by atoms with Crippen molar-refractivity contribution in [2.75, 3.05) is 0 Å². The number of fused-ring (bicyclic) bond motifs is 1. The minimum Gasteiger partial charge on any atom is -0.325 e. The molecular formula is C18H23N5. The van der Waals surface area contributed by atoms with Crippen LogP contribution in [0.3, 0.4) is 0 Å². The number of nitrogens with zero attached hydrogens (tertiary/aromatic N) is 4. The Morgan fingerprint density at radius 3 is 2.78 bits per heavy atom. The second-order valence-corrected chi connectivity index (χ2v) is 6.00. The average molecular weight is 309 g/mol. The molecule has 0 aliphatic heterocycles. The van der Waals surface area contributed by atoms with Gasteiger partial charge in [0, 0.05) is 24.6 Å². The molecule has 0 aliphatic carbocycles. The zero-order valence-corrected chi connectivity index (χ0v) is 14.0. The molecule has 23 heavy (non-hydrogen) atoms. The van der Waals surface area contributed by atoms with Crippen LogP contribution < -0.4 is 5.49 Å². The van der Waals surface area contributed by atoms with Crippen LogP contribution in [0.4, 0.5) is 0 Å². The van der Waals surface area contributed by atoms with Gasteiger partial charge in [-0.05, 0) is 37.5 Å². The van der Waals surface area contributed by atoms with Crippen LogP contribution in [0.15, 0.2) is 30.9 Å². The predicted molar refractivity (Wildman–Crippen MR) is 91.3 cm³/mol. The fourth-order valence-electron chi connectivity index (χ4n) is 2.95. The summed E-state index contributed by atoms with van der Waals surface area (Å²) in [6.07, 6.45) is 7.65. The summed E-state index contributed by atoms with van der Waals surface area (Å²) in [5.41, 5.74) is 4.91. The standard InChI is InChI=1S/C18H23N5/c1-4-5-9-22-12-21-18-16(17(22)19)13(2)14(3)23(18)11-15-7-6-8-20-10-15/h6-8,10,12,19H,4-5,9,11H2,1-3H3. The topological polar surface area (TPSA) is 59.5 Å². The molecule has 0 atom stereocenters. The van der Waals surface area contributed by atoms with Gasteiger partial charge in [-0.25, -0.2) is 4.98 Å². The van der Waals surface area contributed by atoms with Crippen LogP contribution in [-0.2, 0) is 13.1 Å². The predicted octanol–water partition coefficient (Wildman–Crippen LogP) is 3.18. The first-order valence-electron chi connectivity index (χ1n) is 8.11. The summed E-state index contributed by atoms with van der Waals surface area (Å²) in [6.45, 7) is 7.93. The smallest absolute Gasteiger partial charge is 0.146 e. The maximum atomic E-state index is 8.55. The van der Waals surface area contributed by atoms with E-state index in [1.165, 1.54) is 0 Å². The fraction of sp³-hybridized carbons (Fsp3) is 0.389. The molecule has 120 valence electrons. The van der Waals surface area contributed by atoms with Crippen LogP contribution in [0.2, 0.25) is 0 Å². The highest BCUT2D eigenvalue weighted by molar-refractivity contribution is 5.80. The van der Waals surface area contributed by atoms with Crippen molar-refractivity contribution < 1.29 is 0 Å². The summed E-state index contributed by atoms with van der Waals surface area (Å²) in [4.78, 5) is 8.85. The highest BCUT2D eigenvalue weighted by atomic mass is 15.1. The Hall–Kier alpha value is -2.43. The van der Waals surface area contributed by atoms with E-state index in [9.17, 15) is 0 Å². The van der Waals surface area contributed by atoms with E-state index in [4.69, 9.17) is 5.41 Å². The van der Waals surface area contributed by atoms with E-state index >= 15 is 0 Å². The maximum Gasteiger partial charge on any atom is 0.146 e. The number of pyridine rings is 1. The normalized spacial score (nSPS) is 11.3. The van der Waals surface area contributed by atoms with Crippen molar-refractivity contribution in [3.63, 3.8) is 0 Å². The molecule has 0 fully saturated rings. The monoisotopic (exact) mass is 309 g/mol. The summed E-state index contributed by atoms with van der Waals surface area (Å²) in [5, 5.41) is 9.51. The van der Waals surface area contributed by atoms with E-state index in [-0.39, 0.29) is 0 Å². The van der Waals surface area contributed by atoms with E-state index in [1.807, 2.05) is 16.8 Å². The first-order valence-corrected chi connectivity index (χ1v) is 8.11. The number of nitrogens with one attached hydrogen (secondary N) is 1. The molecule has 1 N–H and O–H groups in total. The minimum absolute atomic E-state index is 0.564. The van der Waals surface area contributed by atoms with Crippen LogP contribution in [0, 0.1) is 19.3 Å². The molecule has 0 saturated carbocycles. The van der Waals surface area contributed by atoms with E-state index in [1.54, 1.807) is 12.5 Å². The van der Waals surface area contributed by atoms with Gasteiger partial charge in [0.15, 0.2) is 0 Å². The molecule has 5 heteroatoms. The molecular weight excluding hydrogens is 286 g/mol. The Morgan fingerprint density at radius 2 is 2.09 bits per heavy atom. The Balaban J connectivity index is 2.11. The van der Waals surface area contributed by atoms with Gasteiger partial charge in [0.1, 0.15) is 11.1 Å². The lowest BCUT2D eigenvalue weighted by molar-refractivity contribution is 0.596. The molecule has 0 bridgehead atoms. The molecule has 3 aromatic rings. The van der Waals surface area contributed by atoms with Crippen molar-refractivity contribution in [2.24, 2.45) is 0 Å².